The second-order valence-electron chi connectivity index (χ2n) is 5.53. The Bertz CT molecular complexity index is 535. The lowest BCUT2D eigenvalue weighted by atomic mass is 10.1. The van der Waals surface area contributed by atoms with Crippen molar-refractivity contribution in [3.05, 3.63) is 23.8 Å². The zero-order chi connectivity index (χ0) is 16.7. The lowest BCUT2D eigenvalue weighted by Gasteiger charge is -2.18. The van der Waals surface area contributed by atoms with Crippen LogP contribution in [0.15, 0.2) is 18.2 Å². The maximum absolute atomic E-state index is 12.3. The minimum atomic E-state index is 0.0562. The van der Waals surface area contributed by atoms with Crippen LogP contribution in [0.3, 0.4) is 0 Å². The first kappa shape index (κ1) is 17.2. The van der Waals surface area contributed by atoms with Crippen molar-refractivity contribution in [1.29, 1.82) is 0 Å². The number of hydrogen-bond donors (Lipinski definition) is 0. The fraction of sp³-hybridized carbons (Fsp3) is 0.500. The number of rotatable bonds is 5. The van der Waals surface area contributed by atoms with Gasteiger partial charge < -0.3 is 19.1 Å². The van der Waals surface area contributed by atoms with Gasteiger partial charge in [-0.2, -0.15) is 0 Å². The monoisotopic (exact) mass is 319 g/mol. The van der Waals surface area contributed by atoms with E-state index in [0.29, 0.717) is 17.2 Å². The minimum Gasteiger partial charge on any atom is -0.493 e. The Morgan fingerprint density at radius 3 is 2.00 bits per heavy atom. The summed E-state index contributed by atoms with van der Waals surface area (Å²) >= 11 is 0. The molecule has 0 saturated carbocycles. The van der Waals surface area contributed by atoms with Crippen LogP contribution in [0.2, 0.25) is 0 Å². The Kier molecular flexibility index (Phi) is 6.32. The Balaban J connectivity index is 2.16. The van der Waals surface area contributed by atoms with Crippen LogP contribution < -0.4 is 14.2 Å². The molecule has 1 aromatic rings. The molecule has 0 spiro atoms. The number of hydrogen-bond acceptors (Lipinski definition) is 4. The molecule has 0 N–H and O–H groups in total. The van der Waals surface area contributed by atoms with Crippen molar-refractivity contribution in [2.45, 2.75) is 25.7 Å². The van der Waals surface area contributed by atoms with Gasteiger partial charge in [0.05, 0.1) is 21.3 Å². The van der Waals surface area contributed by atoms with E-state index in [-0.39, 0.29) is 5.91 Å². The van der Waals surface area contributed by atoms with Gasteiger partial charge in [-0.3, -0.25) is 4.79 Å². The molecule has 1 aliphatic rings. The summed E-state index contributed by atoms with van der Waals surface area (Å²) in [6.45, 7) is 1.69. The molecule has 1 saturated heterocycles. The molecule has 126 valence electrons. The van der Waals surface area contributed by atoms with Crippen molar-refractivity contribution >= 4 is 12.0 Å². The van der Waals surface area contributed by atoms with E-state index < -0.39 is 0 Å². The van der Waals surface area contributed by atoms with E-state index >= 15 is 0 Å². The van der Waals surface area contributed by atoms with E-state index in [4.69, 9.17) is 14.2 Å². The minimum absolute atomic E-state index is 0.0562. The van der Waals surface area contributed by atoms with Crippen molar-refractivity contribution in [1.82, 2.24) is 4.90 Å². The van der Waals surface area contributed by atoms with Crippen LogP contribution in [-0.2, 0) is 4.79 Å². The van der Waals surface area contributed by atoms with Crippen molar-refractivity contribution in [2.75, 3.05) is 34.4 Å². The predicted octanol–water partition coefficient (Wildman–Crippen LogP) is 3.13. The van der Waals surface area contributed by atoms with Crippen molar-refractivity contribution in [3.8, 4) is 17.2 Å². The maximum Gasteiger partial charge on any atom is 0.246 e. The molecule has 1 aliphatic heterocycles. The summed E-state index contributed by atoms with van der Waals surface area (Å²) in [5.41, 5.74) is 0.836. The predicted molar refractivity (Wildman–Crippen MR) is 90.2 cm³/mol. The Labute approximate surface area is 137 Å². The Morgan fingerprint density at radius 2 is 1.52 bits per heavy atom. The number of carbonyl (C=O) groups excluding carboxylic acids is 1. The zero-order valence-corrected chi connectivity index (χ0v) is 14.1. The van der Waals surface area contributed by atoms with Crippen LogP contribution in [0.4, 0.5) is 0 Å². The van der Waals surface area contributed by atoms with Gasteiger partial charge in [0, 0.05) is 19.2 Å². The van der Waals surface area contributed by atoms with Crippen LogP contribution in [0.25, 0.3) is 6.08 Å². The molecule has 23 heavy (non-hydrogen) atoms. The van der Waals surface area contributed by atoms with E-state index in [2.05, 4.69) is 0 Å². The molecule has 1 amide bonds. The first-order chi connectivity index (χ1) is 11.2. The summed E-state index contributed by atoms with van der Waals surface area (Å²) in [5, 5.41) is 0. The number of methoxy groups -OCH3 is 3. The highest BCUT2D eigenvalue weighted by molar-refractivity contribution is 5.92. The molecule has 0 radical (unpaired) electrons. The van der Waals surface area contributed by atoms with Crippen molar-refractivity contribution < 1.29 is 19.0 Å². The van der Waals surface area contributed by atoms with Gasteiger partial charge in [0.25, 0.3) is 0 Å². The summed E-state index contributed by atoms with van der Waals surface area (Å²) < 4.78 is 15.9. The molecule has 1 heterocycles. The highest BCUT2D eigenvalue weighted by atomic mass is 16.5. The average molecular weight is 319 g/mol. The fourth-order valence-corrected chi connectivity index (χ4v) is 2.76. The molecular formula is C18H25NO4. The number of likely N-dealkylation sites (tertiary alicyclic amines) is 1. The molecule has 1 aromatic carbocycles. The molecule has 0 aliphatic carbocycles. The number of benzene rings is 1. The maximum atomic E-state index is 12.3. The number of ether oxygens (including phenoxy) is 3. The van der Waals surface area contributed by atoms with Gasteiger partial charge in [-0.05, 0) is 36.6 Å². The van der Waals surface area contributed by atoms with E-state index in [1.54, 1.807) is 33.5 Å². The summed E-state index contributed by atoms with van der Waals surface area (Å²) in [7, 11) is 4.72. The number of amides is 1. The molecule has 0 unspecified atom stereocenters. The van der Waals surface area contributed by atoms with Crippen molar-refractivity contribution in [2.24, 2.45) is 0 Å². The van der Waals surface area contributed by atoms with Gasteiger partial charge in [-0.25, -0.2) is 0 Å². The third kappa shape index (κ3) is 4.41. The lowest BCUT2D eigenvalue weighted by molar-refractivity contribution is -0.125. The standard InChI is InChI=1S/C18H25NO4/c1-21-15-12-14(13-16(22-2)18(15)23-3)8-9-17(20)19-10-6-4-5-7-11-19/h8-9,12-13H,4-7,10-11H2,1-3H3/b9-8+. The molecule has 5 heteroatoms. The van der Waals surface area contributed by atoms with Gasteiger partial charge >= 0.3 is 0 Å². The van der Waals surface area contributed by atoms with Gasteiger partial charge in [-0.15, -0.1) is 0 Å². The number of nitrogens with zero attached hydrogens (tertiary/aromatic N) is 1. The normalized spacial score (nSPS) is 15.3. The first-order valence-electron chi connectivity index (χ1n) is 7.96. The summed E-state index contributed by atoms with van der Waals surface area (Å²) in [6, 6.07) is 3.65. The van der Waals surface area contributed by atoms with Gasteiger partial charge in [0.2, 0.25) is 11.7 Å². The molecule has 0 aromatic heterocycles. The molecule has 0 bridgehead atoms. The van der Waals surface area contributed by atoms with Gasteiger partial charge in [0.1, 0.15) is 0 Å². The Morgan fingerprint density at radius 1 is 0.957 bits per heavy atom. The highest BCUT2D eigenvalue weighted by Crippen LogP contribution is 2.38. The van der Waals surface area contributed by atoms with Crippen LogP contribution in [0.5, 0.6) is 17.2 Å². The molecule has 5 nitrogen and oxygen atoms in total. The third-order valence-electron chi connectivity index (χ3n) is 4.02. The fourth-order valence-electron chi connectivity index (χ4n) is 2.76. The summed E-state index contributed by atoms with van der Waals surface area (Å²) in [4.78, 5) is 14.2. The summed E-state index contributed by atoms with van der Waals surface area (Å²) in [5.74, 6) is 1.76. The molecule has 0 atom stereocenters. The van der Waals surface area contributed by atoms with E-state index in [1.807, 2.05) is 17.0 Å². The topological polar surface area (TPSA) is 48.0 Å². The van der Waals surface area contributed by atoms with Crippen molar-refractivity contribution in [3.63, 3.8) is 0 Å². The third-order valence-corrected chi connectivity index (χ3v) is 4.02. The van der Waals surface area contributed by atoms with Crippen LogP contribution in [-0.4, -0.2) is 45.2 Å². The largest absolute Gasteiger partial charge is 0.493 e. The zero-order valence-electron chi connectivity index (χ0n) is 14.1. The smallest absolute Gasteiger partial charge is 0.246 e. The molecule has 2 rings (SSSR count). The quantitative estimate of drug-likeness (QED) is 0.782. The molecular weight excluding hydrogens is 294 g/mol. The highest BCUT2D eigenvalue weighted by Gasteiger charge is 2.14. The van der Waals surface area contributed by atoms with Gasteiger partial charge in [-0.1, -0.05) is 12.8 Å². The summed E-state index contributed by atoms with van der Waals surface area (Å²) in [6.07, 6.45) is 8.00. The number of carbonyl (C=O) groups is 1. The second kappa shape index (κ2) is 8.46. The SMILES string of the molecule is COc1cc(/C=C/C(=O)N2CCCCCC2)cc(OC)c1OC. The van der Waals surface area contributed by atoms with Crippen LogP contribution in [0.1, 0.15) is 31.2 Å². The Hall–Kier alpha value is -2.17. The van der Waals surface area contributed by atoms with E-state index in [1.165, 1.54) is 12.8 Å². The average Bonchev–Trinajstić information content (AvgIpc) is 2.87. The van der Waals surface area contributed by atoms with Crippen LogP contribution in [0, 0.1) is 0 Å². The van der Waals surface area contributed by atoms with Crippen LogP contribution >= 0.6 is 0 Å². The molecule has 1 fully saturated rings. The van der Waals surface area contributed by atoms with E-state index in [0.717, 1.165) is 31.5 Å². The lowest BCUT2D eigenvalue weighted by Crippen LogP contribution is -2.30. The first-order valence-corrected chi connectivity index (χ1v) is 7.96. The van der Waals surface area contributed by atoms with E-state index in [9.17, 15) is 4.79 Å². The second-order valence-corrected chi connectivity index (χ2v) is 5.53. The van der Waals surface area contributed by atoms with Gasteiger partial charge in [0.15, 0.2) is 11.5 Å².